The molecular weight excluding hydrogens is 216 g/mol. The predicted molar refractivity (Wildman–Crippen MR) is 63.7 cm³/mol. The number of phenols is 1. The van der Waals surface area contributed by atoms with E-state index in [2.05, 4.69) is 4.98 Å². The summed E-state index contributed by atoms with van der Waals surface area (Å²) in [6, 6.07) is 7.04. The molecule has 0 aliphatic carbocycles. The highest BCUT2D eigenvalue weighted by Gasteiger charge is 2.20. The van der Waals surface area contributed by atoms with Crippen molar-refractivity contribution < 1.29 is 10.2 Å². The van der Waals surface area contributed by atoms with Crippen LogP contribution in [0.5, 0.6) is 5.75 Å². The summed E-state index contributed by atoms with van der Waals surface area (Å²) in [5, 5.41) is 19.2. The number of benzene rings is 1. The van der Waals surface area contributed by atoms with E-state index >= 15 is 0 Å². The van der Waals surface area contributed by atoms with E-state index in [1.165, 1.54) is 0 Å². The molecule has 1 aliphatic heterocycles. The Balaban J connectivity index is 2.07. The maximum absolute atomic E-state index is 9.70. The number of aromatic nitrogens is 2. The molecule has 0 saturated carbocycles. The van der Waals surface area contributed by atoms with E-state index in [0.29, 0.717) is 6.54 Å². The first kappa shape index (κ1) is 10.4. The van der Waals surface area contributed by atoms with Gasteiger partial charge in [-0.05, 0) is 25.0 Å². The number of imidazole rings is 1. The largest absolute Gasteiger partial charge is 0.508 e. The third-order valence-electron chi connectivity index (χ3n) is 3.17. The fourth-order valence-corrected chi connectivity index (χ4v) is 2.31. The number of aliphatic hydroxyl groups excluding tert-OH is 1. The summed E-state index contributed by atoms with van der Waals surface area (Å²) in [4.78, 5) is 4.38. The van der Waals surface area contributed by atoms with Gasteiger partial charge in [0.2, 0.25) is 0 Å². The van der Waals surface area contributed by atoms with Crippen LogP contribution in [0.2, 0.25) is 0 Å². The molecule has 3 rings (SSSR count). The molecule has 1 aromatic heterocycles. The average Bonchev–Trinajstić information content (AvgIpc) is 2.71. The molecule has 1 aliphatic rings. The molecule has 1 atom stereocenters. The zero-order valence-corrected chi connectivity index (χ0v) is 9.37. The van der Waals surface area contributed by atoms with Crippen molar-refractivity contribution in [3.05, 3.63) is 36.2 Å². The van der Waals surface area contributed by atoms with Crippen LogP contribution in [0.4, 0.5) is 0 Å². The highest BCUT2D eigenvalue weighted by Crippen LogP contribution is 2.26. The number of aromatic hydroxyl groups is 1. The molecule has 0 spiro atoms. The number of aryl methyl sites for hydroxylation is 1. The van der Waals surface area contributed by atoms with Gasteiger partial charge in [0.15, 0.2) is 0 Å². The summed E-state index contributed by atoms with van der Waals surface area (Å²) in [6.45, 7) is 0.584. The molecule has 0 bridgehead atoms. The van der Waals surface area contributed by atoms with Crippen molar-refractivity contribution in [2.75, 3.05) is 0 Å². The van der Waals surface area contributed by atoms with Crippen LogP contribution >= 0.6 is 0 Å². The highest BCUT2D eigenvalue weighted by atomic mass is 16.3. The summed E-state index contributed by atoms with van der Waals surface area (Å²) in [5.74, 6) is 1.05. The van der Waals surface area contributed by atoms with Gasteiger partial charge in [-0.15, -0.1) is 0 Å². The van der Waals surface area contributed by atoms with Crippen molar-refractivity contribution >= 4 is 0 Å². The standard InChI is InChI=1S/C13H14N2O2/c16-11-3-1-2-9(6-11)13-14-7-10-4-5-12(17)8-15(10)13/h1-3,6-7,12,16-17H,4-5,8H2. The molecule has 4 heteroatoms. The summed E-state index contributed by atoms with van der Waals surface area (Å²) >= 11 is 0. The topological polar surface area (TPSA) is 58.3 Å². The molecule has 0 fully saturated rings. The first-order valence-electron chi connectivity index (χ1n) is 5.76. The minimum atomic E-state index is -0.298. The second-order valence-corrected chi connectivity index (χ2v) is 4.43. The van der Waals surface area contributed by atoms with Crippen molar-refractivity contribution in [3.8, 4) is 17.1 Å². The first-order valence-corrected chi connectivity index (χ1v) is 5.76. The van der Waals surface area contributed by atoms with E-state index in [9.17, 15) is 10.2 Å². The lowest BCUT2D eigenvalue weighted by Gasteiger charge is -2.21. The molecular formula is C13H14N2O2. The van der Waals surface area contributed by atoms with Crippen molar-refractivity contribution in [2.24, 2.45) is 0 Å². The van der Waals surface area contributed by atoms with Crippen molar-refractivity contribution in [1.82, 2.24) is 9.55 Å². The van der Waals surface area contributed by atoms with E-state index in [0.717, 1.165) is 29.9 Å². The van der Waals surface area contributed by atoms with E-state index in [1.807, 2.05) is 16.8 Å². The van der Waals surface area contributed by atoms with E-state index in [-0.39, 0.29) is 11.9 Å². The normalized spacial score (nSPS) is 19.0. The summed E-state index contributed by atoms with van der Waals surface area (Å²) in [7, 11) is 0. The van der Waals surface area contributed by atoms with Gasteiger partial charge in [-0.3, -0.25) is 0 Å². The van der Waals surface area contributed by atoms with Crippen LogP contribution in [0.3, 0.4) is 0 Å². The summed E-state index contributed by atoms with van der Waals surface area (Å²) in [6.07, 6.45) is 3.21. The van der Waals surface area contributed by atoms with Crippen molar-refractivity contribution in [2.45, 2.75) is 25.5 Å². The molecule has 4 nitrogen and oxygen atoms in total. The smallest absolute Gasteiger partial charge is 0.140 e. The van der Waals surface area contributed by atoms with Crippen LogP contribution in [-0.4, -0.2) is 25.9 Å². The third-order valence-corrected chi connectivity index (χ3v) is 3.17. The molecule has 2 N–H and O–H groups in total. The molecule has 88 valence electrons. The van der Waals surface area contributed by atoms with Gasteiger partial charge in [0.05, 0.1) is 12.6 Å². The lowest BCUT2D eigenvalue weighted by molar-refractivity contribution is 0.132. The Morgan fingerprint density at radius 2 is 2.24 bits per heavy atom. The van der Waals surface area contributed by atoms with Crippen LogP contribution < -0.4 is 0 Å². The quantitative estimate of drug-likeness (QED) is 0.781. The number of nitrogens with zero attached hydrogens (tertiary/aromatic N) is 2. The monoisotopic (exact) mass is 230 g/mol. The minimum Gasteiger partial charge on any atom is -0.508 e. The maximum Gasteiger partial charge on any atom is 0.140 e. The van der Waals surface area contributed by atoms with Crippen molar-refractivity contribution in [3.63, 3.8) is 0 Å². The molecule has 0 radical (unpaired) electrons. The van der Waals surface area contributed by atoms with Gasteiger partial charge in [-0.25, -0.2) is 4.98 Å². The number of phenolic OH excluding ortho intramolecular Hbond substituents is 1. The van der Waals surface area contributed by atoms with E-state index in [4.69, 9.17) is 0 Å². The number of hydrogen-bond donors (Lipinski definition) is 2. The molecule has 1 unspecified atom stereocenters. The van der Waals surface area contributed by atoms with Crippen LogP contribution in [0, 0.1) is 0 Å². The third kappa shape index (κ3) is 1.80. The van der Waals surface area contributed by atoms with Gasteiger partial charge in [-0.2, -0.15) is 0 Å². The van der Waals surface area contributed by atoms with Crippen LogP contribution in [0.1, 0.15) is 12.1 Å². The Labute approximate surface area is 99.2 Å². The second kappa shape index (κ2) is 3.89. The fourth-order valence-electron chi connectivity index (χ4n) is 2.31. The molecule has 0 amide bonds. The maximum atomic E-state index is 9.70. The second-order valence-electron chi connectivity index (χ2n) is 4.43. The molecule has 2 aromatic rings. The first-order chi connectivity index (χ1) is 8.24. The van der Waals surface area contributed by atoms with Crippen LogP contribution in [0.25, 0.3) is 11.4 Å². The summed E-state index contributed by atoms with van der Waals surface area (Å²) in [5.41, 5.74) is 2.03. The van der Waals surface area contributed by atoms with Crippen LogP contribution in [0.15, 0.2) is 30.5 Å². The zero-order chi connectivity index (χ0) is 11.8. The Morgan fingerprint density at radius 3 is 3.06 bits per heavy atom. The average molecular weight is 230 g/mol. The number of aliphatic hydroxyl groups is 1. The lowest BCUT2D eigenvalue weighted by atomic mass is 10.1. The number of rotatable bonds is 1. The van der Waals surface area contributed by atoms with E-state index in [1.54, 1.807) is 18.2 Å². The zero-order valence-electron chi connectivity index (χ0n) is 9.37. The Bertz CT molecular complexity index is 548. The van der Waals surface area contributed by atoms with Crippen molar-refractivity contribution in [1.29, 1.82) is 0 Å². The SMILES string of the molecule is Oc1cccc(-c2ncc3n2CC(O)CC3)c1. The van der Waals surface area contributed by atoms with Gasteiger partial charge in [-0.1, -0.05) is 12.1 Å². The highest BCUT2D eigenvalue weighted by molar-refractivity contribution is 5.58. The van der Waals surface area contributed by atoms with Gasteiger partial charge in [0.25, 0.3) is 0 Å². The number of fused-ring (bicyclic) bond motifs is 1. The fraction of sp³-hybridized carbons (Fsp3) is 0.308. The Hall–Kier alpha value is -1.81. The summed E-state index contributed by atoms with van der Waals surface area (Å²) < 4.78 is 2.03. The molecule has 2 heterocycles. The minimum absolute atomic E-state index is 0.233. The van der Waals surface area contributed by atoms with Gasteiger partial charge < -0.3 is 14.8 Å². The van der Waals surface area contributed by atoms with Crippen LogP contribution in [-0.2, 0) is 13.0 Å². The number of hydrogen-bond acceptors (Lipinski definition) is 3. The Kier molecular flexibility index (Phi) is 2.37. The van der Waals surface area contributed by atoms with E-state index < -0.39 is 0 Å². The molecule has 0 saturated heterocycles. The molecule has 1 aromatic carbocycles. The lowest BCUT2D eigenvalue weighted by Crippen LogP contribution is -2.24. The van der Waals surface area contributed by atoms with Gasteiger partial charge in [0, 0.05) is 17.5 Å². The predicted octanol–water partition coefficient (Wildman–Crippen LogP) is 1.56. The molecule has 17 heavy (non-hydrogen) atoms. The Morgan fingerprint density at radius 1 is 1.35 bits per heavy atom. The van der Waals surface area contributed by atoms with Gasteiger partial charge in [0.1, 0.15) is 11.6 Å². The van der Waals surface area contributed by atoms with Gasteiger partial charge >= 0.3 is 0 Å².